The first-order valence-electron chi connectivity index (χ1n) is 7.41. The first kappa shape index (κ1) is 18.0. The van der Waals surface area contributed by atoms with E-state index < -0.39 is 0 Å². The van der Waals surface area contributed by atoms with Gasteiger partial charge in [0.1, 0.15) is 0 Å². The number of anilines is 1. The number of halogens is 1. The first-order valence-corrected chi connectivity index (χ1v) is 7.41. The molecule has 1 aliphatic heterocycles. The fourth-order valence-corrected chi connectivity index (χ4v) is 3.00. The van der Waals surface area contributed by atoms with Gasteiger partial charge in [-0.25, -0.2) is 0 Å². The third kappa shape index (κ3) is 4.70. The van der Waals surface area contributed by atoms with Crippen molar-refractivity contribution in [3.63, 3.8) is 0 Å². The van der Waals surface area contributed by atoms with Crippen molar-refractivity contribution in [1.82, 2.24) is 4.90 Å². The monoisotopic (exact) mass is 311 g/mol. The van der Waals surface area contributed by atoms with Crippen LogP contribution in [-0.4, -0.2) is 36.5 Å². The SMILES string of the molecule is Cc1ccccc1NC(=O)CN1CCCC(C)C1CN.Cl. The molecule has 1 aromatic carbocycles. The van der Waals surface area contributed by atoms with Gasteiger partial charge in [0.15, 0.2) is 0 Å². The number of benzene rings is 1. The summed E-state index contributed by atoms with van der Waals surface area (Å²) in [6.45, 7) is 6.25. The molecule has 21 heavy (non-hydrogen) atoms. The highest BCUT2D eigenvalue weighted by Gasteiger charge is 2.28. The smallest absolute Gasteiger partial charge is 0.238 e. The van der Waals surface area contributed by atoms with Gasteiger partial charge < -0.3 is 11.1 Å². The average Bonchev–Trinajstić information content (AvgIpc) is 2.42. The van der Waals surface area contributed by atoms with Gasteiger partial charge in [0.05, 0.1) is 6.54 Å². The van der Waals surface area contributed by atoms with Crippen molar-refractivity contribution < 1.29 is 4.79 Å². The number of hydrogen-bond acceptors (Lipinski definition) is 3. The number of aryl methyl sites for hydroxylation is 1. The Balaban J connectivity index is 0.00000220. The number of carbonyl (C=O) groups excluding carboxylic acids is 1. The Kier molecular flexibility index (Phi) is 7.15. The largest absolute Gasteiger partial charge is 0.329 e. The highest BCUT2D eigenvalue weighted by molar-refractivity contribution is 5.92. The number of para-hydroxylation sites is 1. The summed E-state index contributed by atoms with van der Waals surface area (Å²) in [6.07, 6.45) is 2.35. The van der Waals surface area contributed by atoms with Crippen LogP contribution in [-0.2, 0) is 4.79 Å². The Morgan fingerprint density at radius 2 is 2.14 bits per heavy atom. The third-order valence-electron chi connectivity index (χ3n) is 4.24. The quantitative estimate of drug-likeness (QED) is 0.898. The summed E-state index contributed by atoms with van der Waals surface area (Å²) in [5.41, 5.74) is 7.84. The van der Waals surface area contributed by atoms with Gasteiger partial charge in [-0.15, -0.1) is 12.4 Å². The minimum absolute atomic E-state index is 0. The van der Waals surface area contributed by atoms with Crippen LogP contribution in [0.4, 0.5) is 5.69 Å². The van der Waals surface area contributed by atoms with Gasteiger partial charge in [0.25, 0.3) is 0 Å². The van der Waals surface area contributed by atoms with E-state index >= 15 is 0 Å². The zero-order valence-electron chi connectivity index (χ0n) is 12.8. The van der Waals surface area contributed by atoms with Crippen LogP contribution in [0.5, 0.6) is 0 Å². The van der Waals surface area contributed by atoms with Gasteiger partial charge in [0, 0.05) is 18.3 Å². The standard InChI is InChI=1S/C16H25N3O.ClH/c1-12-6-3-4-8-14(12)18-16(20)11-19-9-5-7-13(2)15(19)10-17;/h3-4,6,8,13,15H,5,7,9-11,17H2,1-2H3,(H,18,20);1H. The average molecular weight is 312 g/mol. The lowest BCUT2D eigenvalue weighted by Crippen LogP contribution is -2.51. The molecule has 0 bridgehead atoms. The molecule has 1 aliphatic rings. The van der Waals surface area contributed by atoms with Crippen LogP contribution in [0.15, 0.2) is 24.3 Å². The molecule has 2 atom stereocenters. The second-order valence-electron chi connectivity index (χ2n) is 5.76. The van der Waals surface area contributed by atoms with Crippen LogP contribution < -0.4 is 11.1 Å². The van der Waals surface area contributed by atoms with Crippen LogP contribution in [0.25, 0.3) is 0 Å². The Labute approximate surface area is 133 Å². The molecule has 4 nitrogen and oxygen atoms in total. The molecule has 1 amide bonds. The normalized spacial score (nSPS) is 22.4. The van der Waals surface area contributed by atoms with Crippen molar-refractivity contribution in [2.45, 2.75) is 32.7 Å². The van der Waals surface area contributed by atoms with Crippen LogP contribution in [0.3, 0.4) is 0 Å². The highest BCUT2D eigenvalue weighted by atomic mass is 35.5. The van der Waals surface area contributed by atoms with E-state index in [1.807, 2.05) is 31.2 Å². The van der Waals surface area contributed by atoms with Crippen LogP contribution in [0.1, 0.15) is 25.3 Å². The molecular weight excluding hydrogens is 286 g/mol. The third-order valence-corrected chi connectivity index (χ3v) is 4.24. The molecule has 0 radical (unpaired) electrons. The van der Waals surface area contributed by atoms with Crippen LogP contribution >= 0.6 is 12.4 Å². The number of piperidine rings is 1. The van der Waals surface area contributed by atoms with E-state index in [0.29, 0.717) is 25.0 Å². The van der Waals surface area contributed by atoms with Gasteiger partial charge in [-0.05, 0) is 43.9 Å². The number of hydrogen-bond donors (Lipinski definition) is 2. The molecule has 118 valence electrons. The molecule has 0 aromatic heterocycles. The number of amides is 1. The Hall–Kier alpha value is -1.10. The van der Waals surface area contributed by atoms with E-state index in [1.165, 1.54) is 6.42 Å². The molecule has 0 aliphatic carbocycles. The van der Waals surface area contributed by atoms with Crippen LogP contribution in [0.2, 0.25) is 0 Å². The summed E-state index contributed by atoms with van der Waals surface area (Å²) in [4.78, 5) is 14.4. The van der Waals surface area contributed by atoms with Gasteiger partial charge >= 0.3 is 0 Å². The molecule has 5 heteroatoms. The fraction of sp³-hybridized carbons (Fsp3) is 0.562. The number of likely N-dealkylation sites (tertiary alicyclic amines) is 1. The maximum atomic E-state index is 12.2. The van der Waals surface area contributed by atoms with E-state index in [9.17, 15) is 4.79 Å². The number of nitrogens with two attached hydrogens (primary N) is 1. The second-order valence-corrected chi connectivity index (χ2v) is 5.76. The van der Waals surface area contributed by atoms with Gasteiger partial charge in [0.2, 0.25) is 5.91 Å². The van der Waals surface area contributed by atoms with Gasteiger partial charge in [-0.3, -0.25) is 9.69 Å². The molecule has 2 unspecified atom stereocenters. The predicted molar refractivity (Wildman–Crippen MR) is 89.9 cm³/mol. The lowest BCUT2D eigenvalue weighted by molar-refractivity contribution is -0.118. The number of carbonyl (C=O) groups is 1. The van der Waals surface area contributed by atoms with Gasteiger partial charge in [-0.2, -0.15) is 0 Å². The van der Waals surface area contributed by atoms with Crippen molar-refractivity contribution in [1.29, 1.82) is 0 Å². The molecule has 1 heterocycles. The van der Waals surface area contributed by atoms with E-state index in [2.05, 4.69) is 17.1 Å². The Morgan fingerprint density at radius 1 is 1.43 bits per heavy atom. The lowest BCUT2D eigenvalue weighted by atomic mass is 9.91. The second kappa shape index (κ2) is 8.37. The summed E-state index contributed by atoms with van der Waals surface area (Å²) >= 11 is 0. The van der Waals surface area contributed by atoms with Crippen molar-refractivity contribution in [2.75, 3.05) is 25.0 Å². The zero-order chi connectivity index (χ0) is 14.5. The van der Waals surface area contributed by atoms with Crippen LogP contribution in [0, 0.1) is 12.8 Å². The highest BCUT2D eigenvalue weighted by Crippen LogP contribution is 2.22. The first-order chi connectivity index (χ1) is 9.61. The van der Waals surface area contributed by atoms with Crippen molar-refractivity contribution in [3.05, 3.63) is 29.8 Å². The zero-order valence-corrected chi connectivity index (χ0v) is 13.7. The summed E-state index contributed by atoms with van der Waals surface area (Å²) in [5.74, 6) is 0.617. The van der Waals surface area contributed by atoms with Crippen molar-refractivity contribution >= 4 is 24.0 Å². The van der Waals surface area contributed by atoms with E-state index in [4.69, 9.17) is 5.73 Å². The molecule has 2 rings (SSSR count). The summed E-state index contributed by atoms with van der Waals surface area (Å²) in [7, 11) is 0. The number of rotatable bonds is 4. The van der Waals surface area contributed by atoms with Crippen molar-refractivity contribution in [2.24, 2.45) is 11.7 Å². The molecule has 1 fully saturated rings. The lowest BCUT2D eigenvalue weighted by Gasteiger charge is -2.38. The number of nitrogens with one attached hydrogen (secondary N) is 1. The van der Waals surface area contributed by atoms with E-state index in [-0.39, 0.29) is 18.3 Å². The van der Waals surface area contributed by atoms with E-state index in [1.54, 1.807) is 0 Å². The molecule has 1 aromatic rings. The topological polar surface area (TPSA) is 58.4 Å². The molecule has 0 spiro atoms. The molecular formula is C16H26ClN3O. The molecule has 0 saturated carbocycles. The summed E-state index contributed by atoms with van der Waals surface area (Å²) < 4.78 is 0. The Morgan fingerprint density at radius 3 is 2.81 bits per heavy atom. The molecule has 3 N–H and O–H groups in total. The summed E-state index contributed by atoms with van der Waals surface area (Å²) in [5, 5.41) is 3.00. The fourth-order valence-electron chi connectivity index (χ4n) is 3.00. The van der Waals surface area contributed by atoms with E-state index in [0.717, 1.165) is 24.2 Å². The summed E-state index contributed by atoms with van der Waals surface area (Å²) in [6, 6.07) is 8.18. The maximum Gasteiger partial charge on any atom is 0.238 e. The minimum atomic E-state index is 0. The predicted octanol–water partition coefficient (Wildman–Crippen LogP) is 2.41. The number of nitrogens with zero attached hydrogens (tertiary/aromatic N) is 1. The van der Waals surface area contributed by atoms with Gasteiger partial charge in [-0.1, -0.05) is 25.1 Å². The molecule has 1 saturated heterocycles. The maximum absolute atomic E-state index is 12.2. The minimum Gasteiger partial charge on any atom is -0.329 e. The Bertz CT molecular complexity index is 467. The van der Waals surface area contributed by atoms with Crippen molar-refractivity contribution in [3.8, 4) is 0 Å².